The quantitative estimate of drug-likeness (QED) is 0.778. The van der Waals surface area contributed by atoms with Crippen LogP contribution in [-0.2, 0) is 4.79 Å². The van der Waals surface area contributed by atoms with Crippen LogP contribution in [0.1, 0.15) is 31.2 Å². The van der Waals surface area contributed by atoms with Crippen LogP contribution in [0.5, 0.6) is 0 Å². The minimum Gasteiger partial charge on any atom is -0.332 e. The van der Waals surface area contributed by atoms with E-state index in [0.717, 1.165) is 31.6 Å². The molecule has 2 atom stereocenters. The Morgan fingerprint density at radius 2 is 1.96 bits per heavy atom. The van der Waals surface area contributed by atoms with Crippen molar-refractivity contribution in [3.63, 3.8) is 0 Å². The van der Waals surface area contributed by atoms with Crippen molar-refractivity contribution >= 4 is 17.5 Å². The second-order valence-corrected chi connectivity index (χ2v) is 6.92. The van der Waals surface area contributed by atoms with Gasteiger partial charge in [-0.15, -0.1) is 0 Å². The van der Waals surface area contributed by atoms with Gasteiger partial charge in [0.2, 0.25) is 5.91 Å². The molecule has 2 aliphatic rings. The Bertz CT molecular complexity index is 628. The third kappa shape index (κ3) is 3.88. The molecule has 122 valence electrons. The van der Waals surface area contributed by atoms with E-state index in [1.165, 1.54) is 19.3 Å². The molecule has 2 unspecified atom stereocenters. The van der Waals surface area contributed by atoms with E-state index in [9.17, 15) is 4.79 Å². The van der Waals surface area contributed by atoms with E-state index in [1.807, 2.05) is 31.3 Å². The summed E-state index contributed by atoms with van der Waals surface area (Å²) in [7, 11) is 1.87. The van der Waals surface area contributed by atoms with Gasteiger partial charge in [-0.1, -0.05) is 42.0 Å². The molecule has 1 amide bonds. The molecule has 1 aromatic rings. The maximum absolute atomic E-state index is 12.5. The standard InChI is InChI=1S/C19H23ClN2O/c1-21-17(10-9-15-7-3-4-8-18(15)20)13-16(19(21)23)14-22-11-5-2-6-12-22/h3-4,7-8,16-17H,2,5-6,11-14H2,1H3. The van der Waals surface area contributed by atoms with Gasteiger partial charge in [-0.05, 0) is 44.5 Å². The summed E-state index contributed by atoms with van der Waals surface area (Å²) in [6.07, 6.45) is 4.66. The Morgan fingerprint density at radius 1 is 1.22 bits per heavy atom. The number of piperidine rings is 1. The smallest absolute Gasteiger partial charge is 0.227 e. The number of carbonyl (C=O) groups excluding carboxylic acids is 1. The highest BCUT2D eigenvalue weighted by Gasteiger charge is 2.37. The van der Waals surface area contributed by atoms with Gasteiger partial charge in [0.15, 0.2) is 0 Å². The molecule has 23 heavy (non-hydrogen) atoms. The summed E-state index contributed by atoms with van der Waals surface area (Å²) in [6.45, 7) is 3.14. The summed E-state index contributed by atoms with van der Waals surface area (Å²) in [4.78, 5) is 16.7. The molecule has 0 radical (unpaired) electrons. The van der Waals surface area contributed by atoms with Gasteiger partial charge >= 0.3 is 0 Å². The minimum atomic E-state index is -0.00596. The molecule has 4 heteroatoms. The van der Waals surface area contributed by atoms with Crippen molar-refractivity contribution < 1.29 is 4.79 Å². The fourth-order valence-electron chi connectivity index (χ4n) is 3.46. The molecule has 2 aliphatic heterocycles. The van der Waals surface area contributed by atoms with Crippen molar-refractivity contribution in [2.75, 3.05) is 26.7 Å². The summed E-state index contributed by atoms with van der Waals surface area (Å²) >= 11 is 6.14. The van der Waals surface area contributed by atoms with Crippen LogP contribution < -0.4 is 0 Å². The summed E-state index contributed by atoms with van der Waals surface area (Å²) in [5, 5.41) is 0.664. The molecule has 2 heterocycles. The first-order valence-electron chi connectivity index (χ1n) is 8.40. The lowest BCUT2D eigenvalue weighted by Crippen LogP contribution is -2.37. The molecule has 0 saturated carbocycles. The zero-order valence-electron chi connectivity index (χ0n) is 13.6. The summed E-state index contributed by atoms with van der Waals surface area (Å²) in [5.41, 5.74) is 0.828. The maximum atomic E-state index is 12.5. The fourth-order valence-corrected chi connectivity index (χ4v) is 3.64. The first kappa shape index (κ1) is 16.4. The summed E-state index contributed by atoms with van der Waals surface area (Å²) in [6, 6.07) is 7.57. The number of rotatable bonds is 2. The zero-order valence-corrected chi connectivity index (χ0v) is 14.4. The van der Waals surface area contributed by atoms with Crippen LogP contribution in [0.2, 0.25) is 5.02 Å². The molecule has 2 fully saturated rings. The van der Waals surface area contributed by atoms with E-state index in [-0.39, 0.29) is 17.9 Å². The predicted molar refractivity (Wildman–Crippen MR) is 93.3 cm³/mol. The molecule has 1 aromatic carbocycles. The third-order valence-corrected chi connectivity index (χ3v) is 5.18. The number of halogens is 1. The lowest BCUT2D eigenvalue weighted by atomic mass is 10.0. The number of carbonyl (C=O) groups is 1. The average Bonchev–Trinajstić information content (AvgIpc) is 2.83. The SMILES string of the molecule is CN1C(=O)C(CN2CCCCC2)CC1C#Cc1ccccc1Cl. The number of benzene rings is 1. The van der Waals surface area contributed by atoms with Crippen molar-refractivity contribution in [3.8, 4) is 11.8 Å². The highest BCUT2D eigenvalue weighted by Crippen LogP contribution is 2.25. The number of hydrogen-bond acceptors (Lipinski definition) is 2. The highest BCUT2D eigenvalue weighted by atomic mass is 35.5. The fraction of sp³-hybridized carbons (Fsp3) is 0.526. The van der Waals surface area contributed by atoms with Gasteiger partial charge in [0.1, 0.15) is 0 Å². The Labute approximate surface area is 143 Å². The van der Waals surface area contributed by atoms with Gasteiger partial charge in [-0.2, -0.15) is 0 Å². The molecule has 0 aromatic heterocycles. The van der Waals surface area contributed by atoms with Crippen molar-refractivity contribution in [3.05, 3.63) is 34.9 Å². The molecule has 3 nitrogen and oxygen atoms in total. The van der Waals surface area contributed by atoms with E-state index in [0.29, 0.717) is 5.02 Å². The number of likely N-dealkylation sites (tertiary alicyclic amines) is 2. The first-order chi connectivity index (χ1) is 11.1. The van der Waals surface area contributed by atoms with Gasteiger partial charge in [0, 0.05) is 19.2 Å². The van der Waals surface area contributed by atoms with Crippen LogP contribution >= 0.6 is 11.6 Å². The van der Waals surface area contributed by atoms with Crippen LogP contribution in [0.3, 0.4) is 0 Å². The zero-order chi connectivity index (χ0) is 16.2. The van der Waals surface area contributed by atoms with Gasteiger partial charge in [0.05, 0.1) is 17.0 Å². The number of hydrogen-bond donors (Lipinski definition) is 0. The highest BCUT2D eigenvalue weighted by molar-refractivity contribution is 6.31. The van der Waals surface area contributed by atoms with Gasteiger partial charge in [-0.25, -0.2) is 0 Å². The molecule has 3 rings (SSSR count). The molecule has 0 spiro atoms. The number of amides is 1. The minimum absolute atomic E-state index is 0.00596. The van der Waals surface area contributed by atoms with Gasteiger partial charge in [0.25, 0.3) is 0 Å². The molecule has 0 aliphatic carbocycles. The van der Waals surface area contributed by atoms with Crippen molar-refractivity contribution in [2.24, 2.45) is 5.92 Å². The normalized spacial score (nSPS) is 25.3. The molecule has 2 saturated heterocycles. The molecular formula is C19H23ClN2O. The second-order valence-electron chi connectivity index (χ2n) is 6.51. The van der Waals surface area contributed by atoms with E-state index in [4.69, 9.17) is 11.6 Å². The van der Waals surface area contributed by atoms with Crippen LogP contribution in [0, 0.1) is 17.8 Å². The van der Waals surface area contributed by atoms with Crippen molar-refractivity contribution in [1.82, 2.24) is 9.80 Å². The van der Waals surface area contributed by atoms with Crippen LogP contribution in [-0.4, -0.2) is 48.4 Å². The first-order valence-corrected chi connectivity index (χ1v) is 8.78. The van der Waals surface area contributed by atoms with E-state index in [1.54, 1.807) is 4.90 Å². The topological polar surface area (TPSA) is 23.6 Å². The van der Waals surface area contributed by atoms with Crippen molar-refractivity contribution in [2.45, 2.75) is 31.7 Å². The Balaban J connectivity index is 1.65. The second kappa shape index (κ2) is 7.38. The largest absolute Gasteiger partial charge is 0.332 e. The predicted octanol–water partition coefficient (Wildman–Crippen LogP) is 3.02. The summed E-state index contributed by atoms with van der Waals surface area (Å²) in [5.74, 6) is 6.70. The van der Waals surface area contributed by atoms with E-state index < -0.39 is 0 Å². The van der Waals surface area contributed by atoms with Gasteiger partial charge in [-0.3, -0.25) is 4.79 Å². The molecule has 0 N–H and O–H groups in total. The van der Waals surface area contributed by atoms with Crippen LogP contribution in [0.15, 0.2) is 24.3 Å². The van der Waals surface area contributed by atoms with Crippen molar-refractivity contribution in [1.29, 1.82) is 0 Å². The van der Waals surface area contributed by atoms with Crippen LogP contribution in [0.25, 0.3) is 0 Å². The van der Waals surface area contributed by atoms with Crippen LogP contribution in [0.4, 0.5) is 0 Å². The number of nitrogens with zero attached hydrogens (tertiary/aromatic N) is 2. The Kier molecular flexibility index (Phi) is 5.25. The Morgan fingerprint density at radius 3 is 2.70 bits per heavy atom. The Hall–Kier alpha value is -1.50. The molecule has 0 bridgehead atoms. The maximum Gasteiger partial charge on any atom is 0.227 e. The van der Waals surface area contributed by atoms with Gasteiger partial charge < -0.3 is 9.80 Å². The lowest BCUT2D eigenvalue weighted by Gasteiger charge is -2.28. The average molecular weight is 331 g/mol. The summed E-state index contributed by atoms with van der Waals surface area (Å²) < 4.78 is 0. The van der Waals surface area contributed by atoms with E-state index in [2.05, 4.69) is 16.7 Å². The third-order valence-electron chi connectivity index (χ3n) is 4.85. The monoisotopic (exact) mass is 330 g/mol. The molecular weight excluding hydrogens is 308 g/mol. The lowest BCUT2D eigenvalue weighted by molar-refractivity contribution is -0.130. The van der Waals surface area contributed by atoms with E-state index >= 15 is 0 Å².